The summed E-state index contributed by atoms with van der Waals surface area (Å²) in [5.41, 5.74) is 2.56. The summed E-state index contributed by atoms with van der Waals surface area (Å²) in [7, 11) is 1.66. The van der Waals surface area contributed by atoms with E-state index >= 15 is 0 Å². The molecule has 3 rings (SSSR count). The van der Waals surface area contributed by atoms with Crippen LogP contribution in [-0.4, -0.2) is 26.7 Å². The number of rotatable bonds is 2. The number of hydrogen-bond donors (Lipinski definition) is 1. The van der Waals surface area contributed by atoms with Gasteiger partial charge in [0.05, 0.1) is 16.4 Å². The fraction of sp³-hybridized carbons (Fsp3) is 0.467. The minimum atomic E-state index is -0.111. The van der Waals surface area contributed by atoms with Crippen molar-refractivity contribution in [2.24, 2.45) is 7.05 Å². The van der Waals surface area contributed by atoms with Gasteiger partial charge in [0.2, 0.25) is 0 Å². The summed E-state index contributed by atoms with van der Waals surface area (Å²) >= 11 is 1.41. The first-order valence-corrected chi connectivity index (χ1v) is 8.06. The van der Waals surface area contributed by atoms with Crippen molar-refractivity contribution in [2.45, 2.75) is 39.2 Å². The van der Waals surface area contributed by atoms with E-state index in [0.29, 0.717) is 11.3 Å². The topological polar surface area (TPSA) is 76.9 Å². The summed E-state index contributed by atoms with van der Waals surface area (Å²) in [6.45, 7) is 3.74. The van der Waals surface area contributed by atoms with Gasteiger partial charge >= 0.3 is 0 Å². The van der Waals surface area contributed by atoms with Crippen LogP contribution in [-0.2, 0) is 19.9 Å². The lowest BCUT2D eigenvalue weighted by atomic mass is 9.92. The van der Waals surface area contributed by atoms with Crippen molar-refractivity contribution in [3.8, 4) is 0 Å². The van der Waals surface area contributed by atoms with Crippen molar-refractivity contribution in [3.05, 3.63) is 43.3 Å². The molecule has 1 N–H and O–H groups in total. The molecule has 22 heavy (non-hydrogen) atoms. The normalized spacial score (nSPS) is 17.1. The van der Waals surface area contributed by atoms with Crippen LogP contribution in [0.2, 0.25) is 0 Å². The van der Waals surface area contributed by atoms with Gasteiger partial charge < -0.3 is 5.32 Å². The Morgan fingerprint density at radius 3 is 2.91 bits per heavy atom. The Morgan fingerprint density at radius 1 is 1.45 bits per heavy atom. The van der Waals surface area contributed by atoms with Gasteiger partial charge in [0.25, 0.3) is 11.5 Å². The van der Waals surface area contributed by atoms with E-state index in [-0.39, 0.29) is 17.5 Å². The molecule has 0 spiro atoms. The minimum absolute atomic E-state index is 0.0377. The van der Waals surface area contributed by atoms with E-state index < -0.39 is 0 Å². The summed E-state index contributed by atoms with van der Waals surface area (Å²) in [6, 6.07) is 1.67. The number of thiazole rings is 1. The molecule has 0 bridgehead atoms. The van der Waals surface area contributed by atoms with Crippen LogP contribution >= 0.6 is 11.3 Å². The highest BCUT2D eigenvalue weighted by Crippen LogP contribution is 2.20. The zero-order valence-corrected chi connectivity index (χ0v) is 13.7. The molecule has 0 radical (unpaired) electrons. The van der Waals surface area contributed by atoms with Gasteiger partial charge in [0, 0.05) is 19.2 Å². The summed E-state index contributed by atoms with van der Waals surface area (Å²) in [4.78, 5) is 29.0. The fourth-order valence-electron chi connectivity index (χ4n) is 2.80. The SMILES string of the molecule is Cc1nc(C)c(C(=O)N[C@H]2CCc3nn(C)c(=O)cc3C2)s1. The zero-order valence-electron chi connectivity index (χ0n) is 12.8. The van der Waals surface area contributed by atoms with Gasteiger partial charge in [-0.1, -0.05) is 0 Å². The molecule has 0 fully saturated rings. The number of nitrogens with one attached hydrogen (secondary N) is 1. The van der Waals surface area contributed by atoms with Crippen LogP contribution in [0.5, 0.6) is 0 Å². The summed E-state index contributed by atoms with van der Waals surface area (Å²) in [6.07, 6.45) is 2.26. The number of fused-ring (bicyclic) bond motifs is 1. The van der Waals surface area contributed by atoms with Gasteiger partial charge in [0.15, 0.2) is 0 Å². The Kier molecular flexibility index (Phi) is 3.82. The molecule has 0 unspecified atom stereocenters. The maximum atomic E-state index is 12.4. The molecule has 1 aliphatic carbocycles. The number of hydrogen-bond acceptors (Lipinski definition) is 5. The highest BCUT2D eigenvalue weighted by atomic mass is 32.1. The lowest BCUT2D eigenvalue weighted by Gasteiger charge is -2.24. The smallest absolute Gasteiger partial charge is 0.266 e. The Hall–Kier alpha value is -2.02. The second-order valence-electron chi connectivity index (χ2n) is 5.64. The third-order valence-electron chi connectivity index (χ3n) is 3.90. The molecule has 0 saturated carbocycles. The minimum Gasteiger partial charge on any atom is -0.348 e. The molecule has 1 aliphatic rings. The molecule has 116 valence electrons. The van der Waals surface area contributed by atoms with E-state index in [1.807, 2.05) is 13.8 Å². The van der Waals surface area contributed by atoms with Gasteiger partial charge in [-0.3, -0.25) is 9.59 Å². The molecule has 0 saturated heterocycles. The molecule has 2 aromatic heterocycles. The first-order chi connectivity index (χ1) is 10.4. The summed E-state index contributed by atoms with van der Waals surface area (Å²) in [5.74, 6) is -0.0756. The quantitative estimate of drug-likeness (QED) is 0.901. The first kappa shape index (κ1) is 14.9. The van der Waals surface area contributed by atoms with E-state index in [2.05, 4.69) is 15.4 Å². The molecule has 1 atom stereocenters. The van der Waals surface area contributed by atoms with Crippen LogP contribution in [0.1, 0.15) is 38.1 Å². The molecule has 6 nitrogen and oxygen atoms in total. The van der Waals surface area contributed by atoms with Crippen LogP contribution in [0.3, 0.4) is 0 Å². The average molecular weight is 318 g/mol. The van der Waals surface area contributed by atoms with E-state index in [1.54, 1.807) is 13.1 Å². The number of carbonyl (C=O) groups excluding carboxylic acids is 1. The maximum Gasteiger partial charge on any atom is 0.266 e. The number of carbonyl (C=O) groups is 1. The van der Waals surface area contributed by atoms with Gasteiger partial charge in [-0.15, -0.1) is 11.3 Å². The van der Waals surface area contributed by atoms with Gasteiger partial charge in [0.1, 0.15) is 4.88 Å². The lowest BCUT2D eigenvalue weighted by Crippen LogP contribution is -2.40. The molecule has 0 aromatic carbocycles. The standard InChI is InChI=1S/C15H18N4O2S/c1-8-14(22-9(2)16-8)15(21)17-11-4-5-12-10(6-11)7-13(20)19(3)18-12/h7,11H,4-6H2,1-3H3,(H,17,21)/t11-/m0/s1. The van der Waals surface area contributed by atoms with Gasteiger partial charge in [-0.2, -0.15) is 5.10 Å². The Bertz CT molecular complexity index is 793. The maximum absolute atomic E-state index is 12.4. The van der Waals surface area contributed by atoms with Gasteiger partial charge in [-0.05, 0) is 38.7 Å². The highest BCUT2D eigenvalue weighted by Gasteiger charge is 2.24. The van der Waals surface area contributed by atoms with Crippen molar-refractivity contribution >= 4 is 17.2 Å². The van der Waals surface area contributed by atoms with E-state index in [0.717, 1.165) is 34.8 Å². The predicted octanol–water partition coefficient (Wildman–Crippen LogP) is 1.14. The Labute approximate surface area is 132 Å². The van der Waals surface area contributed by atoms with Crippen LogP contribution in [0.15, 0.2) is 10.9 Å². The van der Waals surface area contributed by atoms with Crippen LogP contribution < -0.4 is 10.9 Å². The Balaban J connectivity index is 1.75. The summed E-state index contributed by atoms with van der Waals surface area (Å²) in [5, 5.41) is 8.24. The first-order valence-electron chi connectivity index (χ1n) is 7.25. The third-order valence-corrected chi connectivity index (χ3v) is 4.97. The zero-order chi connectivity index (χ0) is 15.9. The van der Waals surface area contributed by atoms with E-state index in [4.69, 9.17) is 0 Å². The van der Waals surface area contributed by atoms with Crippen LogP contribution in [0.25, 0.3) is 0 Å². The number of nitrogens with zero attached hydrogens (tertiary/aromatic N) is 3. The van der Waals surface area contributed by atoms with E-state index in [9.17, 15) is 9.59 Å². The second kappa shape index (κ2) is 5.64. The van der Waals surface area contributed by atoms with E-state index in [1.165, 1.54) is 16.0 Å². The Morgan fingerprint density at radius 2 is 2.23 bits per heavy atom. The van der Waals surface area contributed by atoms with Crippen molar-refractivity contribution in [2.75, 3.05) is 0 Å². The van der Waals surface area contributed by atoms with Crippen LogP contribution in [0, 0.1) is 13.8 Å². The monoisotopic (exact) mass is 318 g/mol. The molecule has 1 amide bonds. The average Bonchev–Trinajstić information content (AvgIpc) is 2.79. The molecular formula is C15H18N4O2S. The van der Waals surface area contributed by atoms with Gasteiger partial charge in [-0.25, -0.2) is 9.67 Å². The third kappa shape index (κ3) is 2.81. The molecule has 7 heteroatoms. The number of aromatic nitrogens is 3. The van der Waals surface area contributed by atoms with Crippen molar-refractivity contribution in [1.82, 2.24) is 20.1 Å². The largest absolute Gasteiger partial charge is 0.348 e. The van der Waals surface area contributed by atoms with Crippen molar-refractivity contribution < 1.29 is 4.79 Å². The fourth-order valence-corrected chi connectivity index (χ4v) is 3.63. The van der Waals surface area contributed by atoms with Crippen LogP contribution in [0.4, 0.5) is 0 Å². The molecule has 2 aromatic rings. The molecule has 0 aliphatic heterocycles. The van der Waals surface area contributed by atoms with Crippen molar-refractivity contribution in [1.29, 1.82) is 0 Å². The molecular weight excluding hydrogens is 300 g/mol. The highest BCUT2D eigenvalue weighted by molar-refractivity contribution is 7.13. The molecule has 2 heterocycles. The van der Waals surface area contributed by atoms with Crippen molar-refractivity contribution in [3.63, 3.8) is 0 Å². The second-order valence-corrected chi connectivity index (χ2v) is 6.84. The summed E-state index contributed by atoms with van der Waals surface area (Å²) < 4.78 is 1.36. The lowest BCUT2D eigenvalue weighted by molar-refractivity contribution is 0.0936. The number of aryl methyl sites for hydroxylation is 4. The predicted molar refractivity (Wildman–Crippen MR) is 84.3 cm³/mol. The number of amides is 1.